The number of carbonyl (C=O) groups is 2. The second-order valence-electron chi connectivity index (χ2n) is 9.04. The van der Waals surface area contributed by atoms with Gasteiger partial charge in [0.05, 0.1) is 20.6 Å². The summed E-state index contributed by atoms with van der Waals surface area (Å²) in [6.45, 7) is 5.40. The van der Waals surface area contributed by atoms with Crippen LogP contribution in [0.3, 0.4) is 0 Å². The minimum absolute atomic E-state index is 0.0132. The van der Waals surface area contributed by atoms with Gasteiger partial charge in [-0.05, 0) is 68.3 Å². The maximum absolute atomic E-state index is 13.9. The molecular formula is C28H30BrCl2N3O4S. The summed E-state index contributed by atoms with van der Waals surface area (Å²) in [5, 5.41) is 3.21. The molecule has 0 spiro atoms. The van der Waals surface area contributed by atoms with Crippen LogP contribution in [0.25, 0.3) is 0 Å². The number of carbonyl (C=O) groups excluding carboxylic acids is 2. The molecule has 2 amide bonds. The van der Waals surface area contributed by atoms with Crippen molar-refractivity contribution < 1.29 is 18.0 Å². The largest absolute Gasteiger partial charge is 0.354 e. The first-order valence-corrected chi connectivity index (χ1v) is 15.3. The van der Waals surface area contributed by atoms with E-state index in [1.807, 2.05) is 38.1 Å². The number of anilines is 1. The molecule has 0 unspecified atom stereocenters. The van der Waals surface area contributed by atoms with Crippen LogP contribution in [-0.2, 0) is 26.2 Å². The number of hydrogen-bond acceptors (Lipinski definition) is 4. The minimum atomic E-state index is -4.19. The van der Waals surface area contributed by atoms with Crippen molar-refractivity contribution >= 4 is 66.7 Å². The summed E-state index contributed by atoms with van der Waals surface area (Å²) < 4.78 is 29.5. The maximum Gasteiger partial charge on any atom is 0.264 e. The van der Waals surface area contributed by atoms with Crippen LogP contribution in [0.2, 0.25) is 10.0 Å². The van der Waals surface area contributed by atoms with Crippen molar-refractivity contribution in [2.24, 2.45) is 0 Å². The molecule has 11 heteroatoms. The third kappa shape index (κ3) is 7.97. The second-order valence-corrected chi connectivity index (χ2v) is 12.6. The Kier molecular flexibility index (Phi) is 10.8. The second kappa shape index (κ2) is 13.7. The van der Waals surface area contributed by atoms with Gasteiger partial charge in [-0.25, -0.2) is 8.42 Å². The highest BCUT2D eigenvalue weighted by Gasteiger charge is 2.32. The summed E-state index contributed by atoms with van der Waals surface area (Å²) in [5.41, 5.74) is 1.83. The van der Waals surface area contributed by atoms with E-state index in [2.05, 4.69) is 21.2 Å². The average Bonchev–Trinajstić information content (AvgIpc) is 2.90. The van der Waals surface area contributed by atoms with Gasteiger partial charge in [-0.3, -0.25) is 13.9 Å². The molecule has 1 atom stereocenters. The molecule has 39 heavy (non-hydrogen) atoms. The van der Waals surface area contributed by atoms with E-state index in [0.29, 0.717) is 6.54 Å². The standard InChI is InChI=1S/C28H30BrCl2N3O4S/c1-4-14-32-28(36)20(3)33(17-21-6-5-7-22(29)15-21)27(35)18-34(23-10-13-25(30)26(31)16-23)39(37,38)24-11-8-19(2)9-12-24/h5-13,15-16,20H,4,14,17-18H2,1-3H3,(H,32,36)/t20-/m0/s1. The lowest BCUT2D eigenvalue weighted by Crippen LogP contribution is -2.51. The minimum Gasteiger partial charge on any atom is -0.354 e. The van der Waals surface area contributed by atoms with Gasteiger partial charge in [0.1, 0.15) is 12.6 Å². The summed E-state index contributed by atoms with van der Waals surface area (Å²) >= 11 is 15.8. The SMILES string of the molecule is CCCNC(=O)[C@H](C)N(Cc1cccc(Br)c1)C(=O)CN(c1ccc(Cl)c(Cl)c1)S(=O)(=O)c1ccc(C)cc1. The predicted octanol–water partition coefficient (Wildman–Crippen LogP) is 6.20. The molecule has 3 aromatic rings. The Morgan fingerprint density at radius 3 is 2.31 bits per heavy atom. The fourth-order valence-electron chi connectivity index (χ4n) is 3.82. The van der Waals surface area contributed by atoms with Crippen LogP contribution in [0, 0.1) is 6.92 Å². The summed E-state index contributed by atoms with van der Waals surface area (Å²) in [6, 6.07) is 17.2. The number of nitrogens with one attached hydrogen (secondary N) is 1. The van der Waals surface area contributed by atoms with Crippen molar-refractivity contribution in [2.45, 2.75) is 44.7 Å². The van der Waals surface area contributed by atoms with Gasteiger partial charge < -0.3 is 10.2 Å². The fraction of sp³-hybridized carbons (Fsp3) is 0.286. The number of halogens is 3. The van der Waals surface area contributed by atoms with E-state index in [1.165, 1.54) is 35.2 Å². The highest BCUT2D eigenvalue weighted by atomic mass is 79.9. The van der Waals surface area contributed by atoms with Crippen LogP contribution >= 0.6 is 39.1 Å². The number of sulfonamides is 1. The zero-order valence-corrected chi connectivity index (χ0v) is 25.7. The molecule has 0 aromatic heterocycles. The van der Waals surface area contributed by atoms with Crippen molar-refractivity contribution in [2.75, 3.05) is 17.4 Å². The van der Waals surface area contributed by atoms with Gasteiger partial charge in [0.2, 0.25) is 11.8 Å². The molecule has 0 fully saturated rings. The number of nitrogens with zero attached hydrogens (tertiary/aromatic N) is 2. The van der Waals surface area contributed by atoms with E-state index in [4.69, 9.17) is 23.2 Å². The lowest BCUT2D eigenvalue weighted by molar-refractivity contribution is -0.139. The number of hydrogen-bond donors (Lipinski definition) is 1. The summed E-state index contributed by atoms with van der Waals surface area (Å²) in [4.78, 5) is 28.2. The van der Waals surface area contributed by atoms with Crippen molar-refractivity contribution in [1.82, 2.24) is 10.2 Å². The van der Waals surface area contributed by atoms with Crippen LogP contribution in [0.5, 0.6) is 0 Å². The zero-order valence-electron chi connectivity index (χ0n) is 21.8. The first kappa shape index (κ1) is 30.9. The van der Waals surface area contributed by atoms with Gasteiger partial charge in [0.25, 0.3) is 10.0 Å². The van der Waals surface area contributed by atoms with Gasteiger partial charge in [-0.2, -0.15) is 0 Å². The van der Waals surface area contributed by atoms with Gasteiger partial charge in [-0.15, -0.1) is 0 Å². The van der Waals surface area contributed by atoms with E-state index >= 15 is 0 Å². The molecule has 0 saturated carbocycles. The van der Waals surface area contributed by atoms with E-state index < -0.39 is 28.5 Å². The third-order valence-corrected chi connectivity index (χ3v) is 9.06. The summed E-state index contributed by atoms with van der Waals surface area (Å²) in [7, 11) is -4.19. The lowest BCUT2D eigenvalue weighted by Gasteiger charge is -2.32. The molecule has 1 N–H and O–H groups in total. The van der Waals surface area contributed by atoms with Crippen molar-refractivity contribution in [3.63, 3.8) is 0 Å². The lowest BCUT2D eigenvalue weighted by atomic mass is 10.1. The van der Waals surface area contributed by atoms with Crippen molar-refractivity contribution in [1.29, 1.82) is 0 Å². The van der Waals surface area contributed by atoms with E-state index in [0.717, 1.165) is 26.3 Å². The van der Waals surface area contributed by atoms with E-state index in [-0.39, 0.29) is 33.1 Å². The van der Waals surface area contributed by atoms with Gasteiger partial charge in [0, 0.05) is 17.6 Å². The van der Waals surface area contributed by atoms with Crippen LogP contribution in [0.15, 0.2) is 76.1 Å². The Morgan fingerprint density at radius 2 is 1.69 bits per heavy atom. The Bertz CT molecular complexity index is 1430. The van der Waals surface area contributed by atoms with Gasteiger partial charge in [0.15, 0.2) is 0 Å². The molecule has 7 nitrogen and oxygen atoms in total. The van der Waals surface area contributed by atoms with Crippen molar-refractivity contribution in [3.05, 3.63) is 92.4 Å². The van der Waals surface area contributed by atoms with Crippen LogP contribution in [0.4, 0.5) is 5.69 Å². The Morgan fingerprint density at radius 1 is 1.00 bits per heavy atom. The molecule has 0 bridgehead atoms. The molecule has 3 aromatic carbocycles. The van der Waals surface area contributed by atoms with Gasteiger partial charge in [-0.1, -0.05) is 75.9 Å². The topological polar surface area (TPSA) is 86.8 Å². The normalized spacial score (nSPS) is 12.1. The Balaban J connectivity index is 2.04. The Hall–Kier alpha value is -2.59. The highest BCUT2D eigenvalue weighted by molar-refractivity contribution is 9.10. The molecule has 3 rings (SSSR count). The van der Waals surface area contributed by atoms with Crippen molar-refractivity contribution in [3.8, 4) is 0 Å². The molecule has 0 heterocycles. The number of aryl methyl sites for hydroxylation is 1. The van der Waals surface area contributed by atoms with Crippen LogP contribution < -0.4 is 9.62 Å². The maximum atomic E-state index is 13.9. The molecular weight excluding hydrogens is 625 g/mol. The molecule has 0 aliphatic rings. The first-order chi connectivity index (χ1) is 18.4. The predicted molar refractivity (Wildman–Crippen MR) is 160 cm³/mol. The molecule has 0 radical (unpaired) electrons. The quantitative estimate of drug-likeness (QED) is 0.267. The average molecular weight is 655 g/mol. The van der Waals surface area contributed by atoms with Crippen LogP contribution in [-0.4, -0.2) is 44.3 Å². The molecule has 0 aliphatic heterocycles. The number of benzene rings is 3. The van der Waals surface area contributed by atoms with Crippen LogP contribution in [0.1, 0.15) is 31.4 Å². The number of rotatable bonds is 11. The Labute approximate surface area is 248 Å². The molecule has 0 saturated heterocycles. The zero-order chi connectivity index (χ0) is 28.7. The molecule has 0 aliphatic carbocycles. The van der Waals surface area contributed by atoms with Gasteiger partial charge >= 0.3 is 0 Å². The number of amides is 2. The van der Waals surface area contributed by atoms with E-state index in [1.54, 1.807) is 19.1 Å². The monoisotopic (exact) mass is 653 g/mol. The molecule has 208 valence electrons. The fourth-order valence-corrected chi connectivity index (χ4v) is 5.96. The highest BCUT2D eigenvalue weighted by Crippen LogP contribution is 2.31. The third-order valence-electron chi connectivity index (χ3n) is 6.04. The smallest absolute Gasteiger partial charge is 0.264 e. The summed E-state index contributed by atoms with van der Waals surface area (Å²) in [5.74, 6) is -0.890. The van der Waals surface area contributed by atoms with E-state index in [9.17, 15) is 18.0 Å². The first-order valence-electron chi connectivity index (χ1n) is 12.3. The summed E-state index contributed by atoms with van der Waals surface area (Å²) in [6.07, 6.45) is 0.734.